The molecule has 0 bridgehead atoms. The number of hydrogen-bond acceptors (Lipinski definition) is 3. The van der Waals surface area contributed by atoms with E-state index in [-0.39, 0.29) is 17.8 Å². The number of nitrogen functional groups attached to an aromatic ring is 1. The lowest BCUT2D eigenvalue weighted by molar-refractivity contribution is 0.288. The van der Waals surface area contributed by atoms with Gasteiger partial charge in [-0.15, -0.1) is 12.4 Å². The number of rotatable bonds is 0. The molecule has 22 heavy (non-hydrogen) atoms. The van der Waals surface area contributed by atoms with Gasteiger partial charge in [-0.25, -0.2) is 4.98 Å². The highest BCUT2D eigenvalue weighted by Gasteiger charge is 2.41. The number of fused-ring (bicyclic) bond motifs is 4. The number of aromatic nitrogens is 2. The third kappa shape index (κ3) is 2.25. The number of nitrogens with one attached hydrogen (secondary N) is 1. The SMILES string of the molecule is Cl.Nc1nc(=S)[nH]c2c1C1(CCCCC1)Cc1ccccc1-2. The second kappa shape index (κ2) is 5.67. The van der Waals surface area contributed by atoms with Gasteiger partial charge in [0.05, 0.1) is 5.69 Å². The number of nitrogens with zero attached hydrogens (tertiary/aromatic N) is 1. The summed E-state index contributed by atoms with van der Waals surface area (Å²) in [6.07, 6.45) is 7.35. The Bertz CT molecular complexity index is 763. The van der Waals surface area contributed by atoms with Crippen LogP contribution < -0.4 is 5.73 Å². The van der Waals surface area contributed by atoms with E-state index in [4.69, 9.17) is 18.0 Å². The number of anilines is 1. The van der Waals surface area contributed by atoms with Crippen LogP contribution in [0.5, 0.6) is 0 Å². The lowest BCUT2D eigenvalue weighted by Crippen LogP contribution is -2.36. The molecule has 2 aliphatic carbocycles. The van der Waals surface area contributed by atoms with Gasteiger partial charge in [0.1, 0.15) is 5.82 Å². The fourth-order valence-corrected chi connectivity index (χ4v) is 4.46. The highest BCUT2D eigenvalue weighted by atomic mass is 35.5. The fraction of sp³-hybridized carbons (Fsp3) is 0.412. The molecular formula is C17H20ClN3S. The molecule has 116 valence electrons. The Kier molecular flexibility index (Phi) is 4.00. The first-order valence-corrected chi connectivity index (χ1v) is 8.09. The number of H-pyrrole nitrogens is 1. The van der Waals surface area contributed by atoms with Crippen molar-refractivity contribution in [3.8, 4) is 11.3 Å². The molecule has 1 aromatic heterocycles. The molecule has 0 aliphatic heterocycles. The molecule has 0 unspecified atom stereocenters. The van der Waals surface area contributed by atoms with Crippen molar-refractivity contribution in [2.75, 3.05) is 5.73 Å². The number of hydrogen-bond donors (Lipinski definition) is 2. The standard InChI is InChI=1S/C17H19N3S.ClH/c18-15-13-14(19-16(21)20-15)12-7-3-2-6-11(12)10-17(13)8-4-1-5-9-17;/h2-3,6-7H,1,4-5,8-10H2,(H3,18,19,20,21);1H. The van der Waals surface area contributed by atoms with Gasteiger partial charge in [-0.1, -0.05) is 43.5 Å². The Morgan fingerprint density at radius 1 is 1.14 bits per heavy atom. The molecule has 1 aromatic carbocycles. The van der Waals surface area contributed by atoms with Crippen molar-refractivity contribution >= 4 is 30.4 Å². The quantitative estimate of drug-likeness (QED) is 0.694. The average Bonchev–Trinajstić information content (AvgIpc) is 2.47. The molecule has 0 amide bonds. The van der Waals surface area contributed by atoms with Crippen LogP contribution in [0.2, 0.25) is 0 Å². The van der Waals surface area contributed by atoms with Crippen LogP contribution in [-0.4, -0.2) is 9.97 Å². The normalized spacial score (nSPS) is 18.2. The zero-order chi connectivity index (χ0) is 14.4. The molecule has 1 heterocycles. The molecule has 1 fully saturated rings. The molecule has 0 atom stereocenters. The van der Waals surface area contributed by atoms with Crippen molar-refractivity contribution in [1.82, 2.24) is 9.97 Å². The maximum Gasteiger partial charge on any atom is 0.199 e. The number of aromatic amines is 1. The lowest BCUT2D eigenvalue weighted by Gasteiger charge is -2.42. The minimum absolute atomic E-state index is 0. The van der Waals surface area contributed by atoms with Crippen LogP contribution in [0.15, 0.2) is 24.3 Å². The summed E-state index contributed by atoms with van der Waals surface area (Å²) < 4.78 is 0.480. The van der Waals surface area contributed by atoms with E-state index in [1.807, 2.05) is 0 Å². The molecule has 2 aromatic rings. The van der Waals surface area contributed by atoms with Crippen molar-refractivity contribution in [2.45, 2.75) is 43.9 Å². The molecule has 3 nitrogen and oxygen atoms in total. The third-order valence-corrected chi connectivity index (χ3v) is 5.31. The van der Waals surface area contributed by atoms with Crippen LogP contribution in [0.4, 0.5) is 5.82 Å². The van der Waals surface area contributed by atoms with Crippen molar-refractivity contribution in [3.05, 3.63) is 40.2 Å². The van der Waals surface area contributed by atoms with Gasteiger partial charge in [0.25, 0.3) is 0 Å². The number of benzene rings is 1. The molecule has 3 N–H and O–H groups in total. The van der Waals surface area contributed by atoms with Gasteiger partial charge >= 0.3 is 0 Å². The van der Waals surface area contributed by atoms with E-state index >= 15 is 0 Å². The molecule has 0 saturated heterocycles. The first-order valence-electron chi connectivity index (χ1n) is 7.68. The molecule has 2 aliphatic rings. The molecular weight excluding hydrogens is 314 g/mol. The molecule has 0 radical (unpaired) electrons. The number of nitrogens with two attached hydrogens (primary N) is 1. The summed E-state index contributed by atoms with van der Waals surface area (Å²) in [6.45, 7) is 0. The summed E-state index contributed by atoms with van der Waals surface area (Å²) in [6, 6.07) is 8.60. The maximum absolute atomic E-state index is 6.31. The van der Waals surface area contributed by atoms with E-state index in [9.17, 15) is 0 Å². The second-order valence-electron chi connectivity index (χ2n) is 6.35. The maximum atomic E-state index is 6.31. The summed E-state index contributed by atoms with van der Waals surface area (Å²) in [7, 11) is 0. The Balaban J connectivity index is 0.00000144. The van der Waals surface area contributed by atoms with Crippen LogP contribution in [0, 0.1) is 4.77 Å². The highest BCUT2D eigenvalue weighted by Crippen LogP contribution is 2.51. The summed E-state index contributed by atoms with van der Waals surface area (Å²) in [5.74, 6) is 0.630. The smallest absolute Gasteiger partial charge is 0.199 e. The van der Waals surface area contributed by atoms with Gasteiger partial charge in [-0.2, -0.15) is 0 Å². The molecule has 4 rings (SSSR count). The topological polar surface area (TPSA) is 54.7 Å². The van der Waals surface area contributed by atoms with Crippen molar-refractivity contribution < 1.29 is 0 Å². The van der Waals surface area contributed by atoms with E-state index in [2.05, 4.69) is 34.2 Å². The Morgan fingerprint density at radius 2 is 1.86 bits per heavy atom. The minimum atomic E-state index is 0. The van der Waals surface area contributed by atoms with E-state index in [0.717, 1.165) is 12.1 Å². The summed E-state index contributed by atoms with van der Waals surface area (Å²) >= 11 is 5.26. The molecule has 1 spiro atoms. The summed E-state index contributed by atoms with van der Waals surface area (Å²) in [5, 5.41) is 0. The van der Waals surface area contributed by atoms with Crippen molar-refractivity contribution in [1.29, 1.82) is 0 Å². The Labute approximate surface area is 141 Å². The first-order chi connectivity index (χ1) is 10.2. The largest absolute Gasteiger partial charge is 0.383 e. The summed E-state index contributed by atoms with van der Waals surface area (Å²) in [4.78, 5) is 7.67. The average molecular weight is 334 g/mol. The zero-order valence-electron chi connectivity index (χ0n) is 12.4. The summed E-state index contributed by atoms with van der Waals surface area (Å²) in [5.41, 5.74) is 11.4. The zero-order valence-corrected chi connectivity index (χ0v) is 14.0. The third-order valence-electron chi connectivity index (χ3n) is 5.12. The van der Waals surface area contributed by atoms with Crippen LogP contribution in [0.25, 0.3) is 11.3 Å². The van der Waals surface area contributed by atoms with Crippen LogP contribution in [0.1, 0.15) is 43.2 Å². The van der Waals surface area contributed by atoms with Gasteiger partial charge in [0.2, 0.25) is 0 Å². The van der Waals surface area contributed by atoms with Crippen LogP contribution >= 0.6 is 24.6 Å². The van der Waals surface area contributed by atoms with E-state index in [0.29, 0.717) is 10.6 Å². The van der Waals surface area contributed by atoms with E-state index in [1.165, 1.54) is 48.8 Å². The van der Waals surface area contributed by atoms with Gasteiger partial charge in [0.15, 0.2) is 4.77 Å². The predicted octanol–water partition coefficient (Wildman–Crippen LogP) is 4.57. The van der Waals surface area contributed by atoms with Gasteiger partial charge in [-0.3, -0.25) is 0 Å². The van der Waals surface area contributed by atoms with Crippen LogP contribution in [0.3, 0.4) is 0 Å². The first kappa shape index (κ1) is 15.5. The highest BCUT2D eigenvalue weighted by molar-refractivity contribution is 7.71. The fourth-order valence-electron chi connectivity index (χ4n) is 4.26. The lowest BCUT2D eigenvalue weighted by atomic mass is 9.62. The van der Waals surface area contributed by atoms with Crippen molar-refractivity contribution in [3.63, 3.8) is 0 Å². The molecule has 1 saturated carbocycles. The monoisotopic (exact) mass is 333 g/mol. The van der Waals surface area contributed by atoms with Gasteiger partial charge in [-0.05, 0) is 37.0 Å². The Hall–Kier alpha value is -1.39. The molecule has 5 heteroatoms. The minimum Gasteiger partial charge on any atom is -0.383 e. The number of halogens is 1. The van der Waals surface area contributed by atoms with Crippen LogP contribution in [-0.2, 0) is 11.8 Å². The van der Waals surface area contributed by atoms with E-state index in [1.54, 1.807) is 0 Å². The van der Waals surface area contributed by atoms with Crippen molar-refractivity contribution in [2.24, 2.45) is 0 Å². The van der Waals surface area contributed by atoms with Gasteiger partial charge < -0.3 is 10.7 Å². The second-order valence-corrected chi connectivity index (χ2v) is 6.74. The predicted molar refractivity (Wildman–Crippen MR) is 95.0 cm³/mol. The Morgan fingerprint density at radius 3 is 2.64 bits per heavy atom. The van der Waals surface area contributed by atoms with Gasteiger partial charge in [0, 0.05) is 16.5 Å². The van der Waals surface area contributed by atoms with E-state index < -0.39 is 0 Å².